The van der Waals surface area contributed by atoms with Crippen molar-refractivity contribution < 1.29 is 0 Å². The summed E-state index contributed by atoms with van der Waals surface area (Å²) in [5.74, 6) is 0. The van der Waals surface area contributed by atoms with E-state index in [0.29, 0.717) is 0 Å². The van der Waals surface area contributed by atoms with Crippen LogP contribution < -0.4 is 5.73 Å². The lowest BCUT2D eigenvalue weighted by Crippen LogP contribution is -2.17. The third-order valence-electron chi connectivity index (χ3n) is 3.35. The minimum atomic E-state index is 0.240. The van der Waals surface area contributed by atoms with Gasteiger partial charge in [0.25, 0.3) is 0 Å². The molecule has 0 saturated carbocycles. The van der Waals surface area contributed by atoms with Crippen molar-refractivity contribution in [3.05, 3.63) is 71.3 Å². The molecule has 0 amide bonds. The quantitative estimate of drug-likeness (QED) is 0.833. The molecule has 2 aromatic rings. The van der Waals surface area contributed by atoms with Gasteiger partial charge in [0.2, 0.25) is 0 Å². The van der Waals surface area contributed by atoms with Crippen LogP contribution in [0.2, 0.25) is 0 Å². The average molecular weight is 253 g/mol. The Labute approximate surface area is 116 Å². The maximum atomic E-state index is 5.81. The predicted molar refractivity (Wildman–Crippen MR) is 82.3 cm³/mol. The van der Waals surface area contributed by atoms with E-state index in [1.807, 2.05) is 6.92 Å². The highest BCUT2D eigenvalue weighted by Crippen LogP contribution is 2.10. The summed E-state index contributed by atoms with van der Waals surface area (Å²) < 4.78 is 0. The fourth-order valence-electron chi connectivity index (χ4n) is 2.36. The largest absolute Gasteiger partial charge is 0.328 e. The van der Waals surface area contributed by atoms with E-state index in [9.17, 15) is 0 Å². The van der Waals surface area contributed by atoms with E-state index in [-0.39, 0.29) is 6.04 Å². The highest BCUT2D eigenvalue weighted by Gasteiger charge is 1.99. The lowest BCUT2D eigenvalue weighted by Gasteiger charge is -2.07. The molecule has 0 heterocycles. The topological polar surface area (TPSA) is 26.0 Å². The van der Waals surface area contributed by atoms with Crippen molar-refractivity contribution in [3.8, 4) is 0 Å². The van der Waals surface area contributed by atoms with Gasteiger partial charge in [-0.05, 0) is 49.3 Å². The Morgan fingerprint density at radius 2 is 1.32 bits per heavy atom. The Kier molecular flexibility index (Phi) is 5.17. The summed E-state index contributed by atoms with van der Waals surface area (Å²) in [6, 6.07) is 19.8. The molecule has 0 aliphatic heterocycles. The second kappa shape index (κ2) is 7.10. The molecule has 0 aliphatic carbocycles. The van der Waals surface area contributed by atoms with Gasteiger partial charge in [-0.25, -0.2) is 0 Å². The van der Waals surface area contributed by atoms with Crippen LogP contribution in [0.15, 0.2) is 54.6 Å². The third-order valence-corrected chi connectivity index (χ3v) is 3.35. The van der Waals surface area contributed by atoms with Crippen molar-refractivity contribution in [1.82, 2.24) is 0 Å². The first-order valence-corrected chi connectivity index (χ1v) is 7.11. The van der Waals surface area contributed by atoms with Crippen LogP contribution in [0.1, 0.15) is 30.0 Å². The Bertz CT molecular complexity index is 471. The predicted octanol–water partition coefficient (Wildman–Crippen LogP) is 3.75. The standard InChI is InChI=1S/C18H23N/c1-15(19)14-18-12-10-17(11-13-18)9-5-8-16-6-3-2-4-7-16/h2-4,6-7,10-13,15H,5,8-9,14,19H2,1H3/t15-/m1/s1. The monoisotopic (exact) mass is 253 g/mol. The molecule has 1 atom stereocenters. The van der Waals surface area contributed by atoms with E-state index in [2.05, 4.69) is 54.6 Å². The third kappa shape index (κ3) is 4.88. The SMILES string of the molecule is C[C@@H](N)Cc1ccc(CCCc2ccccc2)cc1. The van der Waals surface area contributed by atoms with Gasteiger partial charge in [0.15, 0.2) is 0 Å². The zero-order valence-corrected chi connectivity index (χ0v) is 11.7. The highest BCUT2D eigenvalue weighted by atomic mass is 14.6. The van der Waals surface area contributed by atoms with E-state index < -0.39 is 0 Å². The van der Waals surface area contributed by atoms with E-state index in [1.165, 1.54) is 23.1 Å². The molecular formula is C18H23N. The zero-order valence-electron chi connectivity index (χ0n) is 11.7. The van der Waals surface area contributed by atoms with Gasteiger partial charge in [-0.2, -0.15) is 0 Å². The van der Waals surface area contributed by atoms with Crippen molar-refractivity contribution in [2.75, 3.05) is 0 Å². The van der Waals surface area contributed by atoms with Crippen molar-refractivity contribution in [2.24, 2.45) is 5.73 Å². The van der Waals surface area contributed by atoms with Crippen LogP contribution in [0, 0.1) is 0 Å². The van der Waals surface area contributed by atoms with Crippen LogP contribution in [-0.4, -0.2) is 6.04 Å². The Balaban J connectivity index is 1.80. The maximum Gasteiger partial charge on any atom is 0.00509 e. The zero-order chi connectivity index (χ0) is 13.5. The second-order valence-electron chi connectivity index (χ2n) is 5.34. The van der Waals surface area contributed by atoms with Gasteiger partial charge in [0, 0.05) is 6.04 Å². The Hall–Kier alpha value is -1.60. The molecule has 0 unspecified atom stereocenters. The number of aryl methyl sites for hydroxylation is 2. The fraction of sp³-hybridized carbons (Fsp3) is 0.333. The number of nitrogens with two attached hydrogens (primary N) is 1. The van der Waals surface area contributed by atoms with E-state index in [1.54, 1.807) is 0 Å². The van der Waals surface area contributed by atoms with Gasteiger partial charge in [0.05, 0.1) is 0 Å². The van der Waals surface area contributed by atoms with Gasteiger partial charge < -0.3 is 5.73 Å². The number of rotatable bonds is 6. The summed E-state index contributed by atoms with van der Waals surface area (Å²) in [5, 5.41) is 0. The van der Waals surface area contributed by atoms with Gasteiger partial charge in [0.1, 0.15) is 0 Å². The summed E-state index contributed by atoms with van der Waals surface area (Å²) in [4.78, 5) is 0. The van der Waals surface area contributed by atoms with Crippen LogP contribution in [0.3, 0.4) is 0 Å². The van der Waals surface area contributed by atoms with Crippen LogP contribution in [0.4, 0.5) is 0 Å². The normalized spacial score (nSPS) is 12.3. The van der Waals surface area contributed by atoms with Crippen molar-refractivity contribution in [3.63, 3.8) is 0 Å². The molecular weight excluding hydrogens is 230 g/mol. The Morgan fingerprint density at radius 3 is 1.89 bits per heavy atom. The summed E-state index contributed by atoms with van der Waals surface area (Å²) in [7, 11) is 0. The van der Waals surface area contributed by atoms with Gasteiger partial charge in [-0.15, -0.1) is 0 Å². The van der Waals surface area contributed by atoms with Crippen molar-refractivity contribution in [1.29, 1.82) is 0 Å². The number of benzene rings is 2. The Morgan fingerprint density at radius 1 is 0.789 bits per heavy atom. The minimum absolute atomic E-state index is 0.240. The summed E-state index contributed by atoms with van der Waals surface area (Å²) in [6.07, 6.45) is 4.47. The van der Waals surface area contributed by atoms with Crippen molar-refractivity contribution >= 4 is 0 Å². The summed E-state index contributed by atoms with van der Waals surface area (Å²) in [6.45, 7) is 2.05. The molecule has 1 heteroatoms. The van der Waals surface area contributed by atoms with Crippen LogP contribution >= 0.6 is 0 Å². The lowest BCUT2D eigenvalue weighted by atomic mass is 10.0. The van der Waals surface area contributed by atoms with Crippen LogP contribution in [0.5, 0.6) is 0 Å². The molecule has 100 valence electrons. The lowest BCUT2D eigenvalue weighted by molar-refractivity contribution is 0.737. The molecule has 0 radical (unpaired) electrons. The summed E-state index contributed by atoms with van der Waals surface area (Å²) in [5.41, 5.74) is 9.99. The van der Waals surface area contributed by atoms with Gasteiger partial charge in [-0.1, -0.05) is 54.6 Å². The first-order chi connectivity index (χ1) is 9.24. The molecule has 2 rings (SSSR count). The molecule has 0 aliphatic rings. The highest BCUT2D eigenvalue weighted by molar-refractivity contribution is 5.23. The maximum absolute atomic E-state index is 5.81. The molecule has 2 aromatic carbocycles. The molecule has 1 nitrogen and oxygen atoms in total. The molecule has 0 saturated heterocycles. The number of hydrogen-bond acceptors (Lipinski definition) is 1. The fourth-order valence-corrected chi connectivity index (χ4v) is 2.36. The minimum Gasteiger partial charge on any atom is -0.328 e. The molecule has 0 fully saturated rings. The second-order valence-corrected chi connectivity index (χ2v) is 5.34. The molecule has 19 heavy (non-hydrogen) atoms. The van der Waals surface area contributed by atoms with E-state index in [0.717, 1.165) is 19.3 Å². The van der Waals surface area contributed by atoms with Crippen molar-refractivity contribution in [2.45, 2.75) is 38.6 Å². The molecule has 0 aromatic heterocycles. The van der Waals surface area contributed by atoms with Gasteiger partial charge >= 0.3 is 0 Å². The van der Waals surface area contributed by atoms with Crippen LogP contribution in [-0.2, 0) is 19.3 Å². The smallest absolute Gasteiger partial charge is 0.00509 e. The van der Waals surface area contributed by atoms with E-state index >= 15 is 0 Å². The number of hydrogen-bond donors (Lipinski definition) is 1. The first-order valence-electron chi connectivity index (χ1n) is 7.11. The molecule has 0 spiro atoms. The molecule has 0 bridgehead atoms. The summed E-state index contributed by atoms with van der Waals surface area (Å²) >= 11 is 0. The van der Waals surface area contributed by atoms with E-state index in [4.69, 9.17) is 5.73 Å². The van der Waals surface area contributed by atoms with Gasteiger partial charge in [-0.3, -0.25) is 0 Å². The molecule has 2 N–H and O–H groups in total. The first kappa shape index (κ1) is 13.8. The van der Waals surface area contributed by atoms with Crippen LogP contribution in [0.25, 0.3) is 0 Å². The average Bonchev–Trinajstić information content (AvgIpc) is 2.41.